The molecule has 0 aromatic carbocycles. The molecule has 0 bridgehead atoms. The Hall–Kier alpha value is -1.85. The maximum absolute atomic E-state index is 13.3. The minimum Gasteiger partial charge on any atom is -0.378 e. The maximum atomic E-state index is 13.3. The third-order valence-corrected chi connectivity index (χ3v) is 7.26. The summed E-state index contributed by atoms with van der Waals surface area (Å²) < 4.78 is 5.33. The van der Waals surface area contributed by atoms with Gasteiger partial charge in [-0.15, -0.1) is 0 Å². The van der Waals surface area contributed by atoms with Gasteiger partial charge in [0.05, 0.1) is 19.3 Å². The molecule has 3 aliphatic rings. The van der Waals surface area contributed by atoms with Gasteiger partial charge in [0.25, 0.3) is 0 Å². The first-order valence-corrected chi connectivity index (χ1v) is 12.8. The number of nitrogens with one attached hydrogen (secondary N) is 2. The van der Waals surface area contributed by atoms with Crippen LogP contribution in [0.5, 0.6) is 0 Å². The fourth-order valence-corrected chi connectivity index (χ4v) is 5.27. The number of ether oxygens (including phenoxy) is 1. The molecular weight excluding hydrogens is 418 g/mol. The number of hydrogen-bond donors (Lipinski definition) is 2. The lowest BCUT2D eigenvalue weighted by atomic mass is 9.84. The predicted molar refractivity (Wildman–Crippen MR) is 128 cm³/mol. The minimum absolute atomic E-state index is 0.149. The van der Waals surface area contributed by atoms with Gasteiger partial charge in [-0.05, 0) is 43.4 Å². The standard InChI is InChI=1S/C25H43N5O3/c1-24(2,3)17-21(27-23(32)30-13-15-33-16-14-30)22(31)28-25(19-26)9-11-29(12-10-25)18-20-7-5-4-6-8-20/h20-21H,4-18H2,1-3H3,(H,27,32)(H,28,31). The molecule has 1 atom stereocenters. The van der Waals surface area contributed by atoms with Crippen molar-refractivity contribution in [3.63, 3.8) is 0 Å². The zero-order chi connectivity index (χ0) is 23.9. The van der Waals surface area contributed by atoms with E-state index in [1.165, 1.54) is 32.1 Å². The molecule has 3 fully saturated rings. The average molecular weight is 462 g/mol. The second kappa shape index (κ2) is 11.5. The summed E-state index contributed by atoms with van der Waals surface area (Å²) in [5.74, 6) is 0.517. The number of carbonyl (C=O) groups is 2. The molecule has 8 heteroatoms. The van der Waals surface area contributed by atoms with E-state index in [4.69, 9.17) is 4.74 Å². The topological polar surface area (TPSA) is 97.7 Å². The molecule has 0 radical (unpaired) electrons. The number of likely N-dealkylation sites (tertiary alicyclic amines) is 1. The van der Waals surface area contributed by atoms with E-state index in [0.29, 0.717) is 45.6 Å². The van der Waals surface area contributed by atoms with Crippen LogP contribution in [-0.2, 0) is 9.53 Å². The van der Waals surface area contributed by atoms with Crippen molar-refractivity contribution in [2.45, 2.75) is 83.7 Å². The van der Waals surface area contributed by atoms with Gasteiger partial charge in [0.2, 0.25) is 5.91 Å². The highest BCUT2D eigenvalue weighted by Gasteiger charge is 2.39. The summed E-state index contributed by atoms with van der Waals surface area (Å²) in [6.45, 7) is 11.0. The first-order valence-electron chi connectivity index (χ1n) is 12.8. The predicted octanol–water partition coefficient (Wildman–Crippen LogP) is 2.89. The highest BCUT2D eigenvalue weighted by Crippen LogP contribution is 2.28. The Balaban J connectivity index is 1.58. The van der Waals surface area contributed by atoms with Crippen LogP contribution >= 0.6 is 0 Å². The Morgan fingerprint density at radius 3 is 2.30 bits per heavy atom. The van der Waals surface area contributed by atoms with Crippen LogP contribution < -0.4 is 10.6 Å². The van der Waals surface area contributed by atoms with E-state index in [-0.39, 0.29) is 17.4 Å². The smallest absolute Gasteiger partial charge is 0.318 e. The third-order valence-electron chi connectivity index (χ3n) is 7.26. The fourth-order valence-electron chi connectivity index (χ4n) is 5.27. The van der Waals surface area contributed by atoms with Crippen LogP contribution in [0.15, 0.2) is 0 Å². The van der Waals surface area contributed by atoms with Gasteiger partial charge < -0.3 is 25.2 Å². The quantitative estimate of drug-likeness (QED) is 0.634. The molecule has 2 saturated heterocycles. The number of urea groups is 1. The third kappa shape index (κ3) is 7.86. The molecular formula is C25H43N5O3. The summed E-state index contributed by atoms with van der Waals surface area (Å²) in [5.41, 5.74) is -1.01. The lowest BCUT2D eigenvalue weighted by Crippen LogP contribution is -2.60. The van der Waals surface area contributed by atoms with Gasteiger partial charge in [0.15, 0.2) is 0 Å². The Labute approximate surface area is 199 Å². The molecule has 0 aromatic rings. The highest BCUT2D eigenvalue weighted by atomic mass is 16.5. The van der Waals surface area contributed by atoms with Crippen LogP contribution in [0.1, 0.15) is 72.1 Å². The Bertz CT molecular complexity index is 694. The molecule has 8 nitrogen and oxygen atoms in total. The number of morpholine rings is 1. The molecule has 186 valence electrons. The molecule has 2 aliphatic heterocycles. The number of hydrogen-bond acceptors (Lipinski definition) is 5. The molecule has 3 amide bonds. The molecule has 2 N–H and O–H groups in total. The summed E-state index contributed by atoms with van der Waals surface area (Å²) in [4.78, 5) is 30.3. The fraction of sp³-hybridized carbons (Fsp3) is 0.880. The van der Waals surface area contributed by atoms with E-state index >= 15 is 0 Å². The van der Waals surface area contributed by atoms with Gasteiger partial charge in [-0.3, -0.25) is 4.79 Å². The lowest BCUT2D eigenvalue weighted by Gasteiger charge is -2.40. The van der Waals surface area contributed by atoms with Crippen molar-refractivity contribution in [1.82, 2.24) is 20.4 Å². The van der Waals surface area contributed by atoms with Crippen molar-refractivity contribution in [3.8, 4) is 6.07 Å². The van der Waals surface area contributed by atoms with Crippen molar-refractivity contribution < 1.29 is 14.3 Å². The monoisotopic (exact) mass is 461 g/mol. The molecule has 2 heterocycles. The lowest BCUT2D eigenvalue weighted by molar-refractivity contribution is -0.125. The molecule has 1 saturated carbocycles. The number of carbonyl (C=O) groups excluding carboxylic acids is 2. The van der Waals surface area contributed by atoms with E-state index in [9.17, 15) is 14.9 Å². The summed E-state index contributed by atoms with van der Waals surface area (Å²) in [5, 5.41) is 16.0. The first kappa shape index (κ1) is 25.8. The van der Waals surface area contributed by atoms with Gasteiger partial charge in [-0.25, -0.2) is 4.79 Å². The molecule has 1 unspecified atom stereocenters. The van der Waals surface area contributed by atoms with Gasteiger partial charge in [-0.2, -0.15) is 5.26 Å². The highest BCUT2D eigenvalue weighted by molar-refractivity contribution is 5.88. The number of piperidine rings is 1. The van der Waals surface area contributed by atoms with Crippen molar-refractivity contribution in [2.24, 2.45) is 11.3 Å². The van der Waals surface area contributed by atoms with E-state index in [1.54, 1.807) is 4.90 Å². The largest absolute Gasteiger partial charge is 0.378 e. The van der Waals surface area contributed by atoms with Crippen molar-refractivity contribution in [1.29, 1.82) is 5.26 Å². The number of nitriles is 1. The normalized spacial score (nSPS) is 23.4. The van der Waals surface area contributed by atoms with E-state index in [2.05, 4.69) is 42.4 Å². The molecule has 3 rings (SSSR count). The molecule has 0 spiro atoms. The average Bonchev–Trinajstić information content (AvgIpc) is 2.80. The summed E-state index contributed by atoms with van der Waals surface area (Å²) in [6.07, 6.45) is 8.41. The van der Waals surface area contributed by atoms with Crippen LogP contribution in [0.2, 0.25) is 0 Å². The van der Waals surface area contributed by atoms with Gasteiger partial charge in [0, 0.05) is 32.7 Å². The summed E-state index contributed by atoms with van der Waals surface area (Å²) >= 11 is 0. The SMILES string of the molecule is CC(C)(C)CC(NC(=O)N1CCOCC1)C(=O)NC1(C#N)CCN(CC2CCCCC2)CC1. The van der Waals surface area contributed by atoms with Crippen LogP contribution in [0, 0.1) is 22.7 Å². The Morgan fingerprint density at radius 2 is 1.73 bits per heavy atom. The number of rotatable bonds is 6. The second-order valence-corrected chi connectivity index (χ2v) is 11.4. The van der Waals surface area contributed by atoms with Gasteiger partial charge >= 0.3 is 6.03 Å². The van der Waals surface area contributed by atoms with Crippen molar-refractivity contribution >= 4 is 11.9 Å². The summed E-state index contributed by atoms with van der Waals surface area (Å²) in [6, 6.07) is 1.49. The van der Waals surface area contributed by atoms with Crippen LogP contribution in [0.25, 0.3) is 0 Å². The Kier molecular flexibility index (Phi) is 9.00. The van der Waals surface area contributed by atoms with Gasteiger partial charge in [-0.1, -0.05) is 40.0 Å². The first-order chi connectivity index (χ1) is 15.7. The van der Waals surface area contributed by atoms with Gasteiger partial charge in [0.1, 0.15) is 11.6 Å². The Morgan fingerprint density at radius 1 is 1.09 bits per heavy atom. The number of amides is 3. The second-order valence-electron chi connectivity index (χ2n) is 11.4. The molecule has 1 aliphatic carbocycles. The van der Waals surface area contributed by atoms with E-state index < -0.39 is 11.6 Å². The van der Waals surface area contributed by atoms with Crippen LogP contribution in [0.4, 0.5) is 4.79 Å². The molecule has 33 heavy (non-hydrogen) atoms. The zero-order valence-electron chi connectivity index (χ0n) is 20.8. The maximum Gasteiger partial charge on any atom is 0.318 e. The number of nitrogens with zero attached hydrogens (tertiary/aromatic N) is 3. The molecule has 0 aromatic heterocycles. The zero-order valence-corrected chi connectivity index (χ0v) is 20.8. The van der Waals surface area contributed by atoms with E-state index in [1.807, 2.05) is 0 Å². The van der Waals surface area contributed by atoms with Crippen molar-refractivity contribution in [2.75, 3.05) is 45.9 Å². The summed E-state index contributed by atoms with van der Waals surface area (Å²) in [7, 11) is 0. The van der Waals surface area contributed by atoms with E-state index in [0.717, 1.165) is 25.6 Å². The van der Waals surface area contributed by atoms with Crippen molar-refractivity contribution in [3.05, 3.63) is 0 Å². The van der Waals surface area contributed by atoms with Crippen LogP contribution in [0.3, 0.4) is 0 Å². The van der Waals surface area contributed by atoms with Crippen LogP contribution in [-0.4, -0.2) is 79.3 Å². The minimum atomic E-state index is -0.861.